The molecule has 3 heterocycles. The number of hydrogen-bond donors (Lipinski definition) is 0. The van der Waals surface area contributed by atoms with Crippen LogP contribution in [0.1, 0.15) is 53.4 Å². The maximum atomic E-state index is 6.61. The molecule has 0 aromatic rings. The largest absolute Gasteiger partial charge is 0.353 e. The number of ether oxygens (including phenoxy) is 4. The van der Waals surface area contributed by atoms with Crippen molar-refractivity contribution in [3.8, 4) is 0 Å². The maximum absolute atomic E-state index is 6.61. The molecular weight excluding hydrogens is 268 g/mol. The molecule has 0 aromatic heterocycles. The molecule has 120 valence electrons. The second kappa shape index (κ2) is 4.67. The molecule has 1 spiro atoms. The Morgan fingerprint density at radius 1 is 1.14 bits per heavy atom. The Balaban J connectivity index is 1.74. The zero-order valence-electron chi connectivity index (χ0n) is 13.6. The van der Waals surface area contributed by atoms with Gasteiger partial charge in [0.1, 0.15) is 5.60 Å². The summed E-state index contributed by atoms with van der Waals surface area (Å²) in [6, 6.07) is 0. The number of rotatable bonds is 2. The van der Waals surface area contributed by atoms with Crippen LogP contribution >= 0.6 is 0 Å². The zero-order valence-corrected chi connectivity index (χ0v) is 13.6. The van der Waals surface area contributed by atoms with Crippen molar-refractivity contribution < 1.29 is 18.9 Å². The third kappa shape index (κ3) is 1.82. The minimum absolute atomic E-state index is 0.156. The van der Waals surface area contributed by atoms with Crippen LogP contribution in [0.2, 0.25) is 0 Å². The van der Waals surface area contributed by atoms with Crippen LogP contribution in [0.3, 0.4) is 0 Å². The summed E-state index contributed by atoms with van der Waals surface area (Å²) in [6.07, 6.45) is 4.24. The molecule has 3 aliphatic heterocycles. The molecule has 4 fully saturated rings. The van der Waals surface area contributed by atoms with E-state index in [2.05, 4.69) is 20.8 Å². The van der Waals surface area contributed by atoms with E-state index in [0.29, 0.717) is 30.3 Å². The van der Waals surface area contributed by atoms with Crippen LogP contribution in [0.15, 0.2) is 0 Å². The predicted molar refractivity (Wildman–Crippen MR) is 77.4 cm³/mol. The Hall–Kier alpha value is -0.160. The Labute approximate surface area is 127 Å². The van der Waals surface area contributed by atoms with E-state index in [1.165, 1.54) is 19.3 Å². The highest BCUT2D eigenvalue weighted by molar-refractivity contribution is 5.12. The molecule has 4 rings (SSSR count). The van der Waals surface area contributed by atoms with Gasteiger partial charge in [0.2, 0.25) is 0 Å². The zero-order chi connectivity index (χ0) is 14.8. The predicted octanol–water partition coefficient (Wildman–Crippen LogP) is 3.30. The summed E-state index contributed by atoms with van der Waals surface area (Å²) in [5, 5.41) is 0. The van der Waals surface area contributed by atoms with Crippen LogP contribution in [0, 0.1) is 23.7 Å². The van der Waals surface area contributed by atoms with E-state index >= 15 is 0 Å². The summed E-state index contributed by atoms with van der Waals surface area (Å²) in [5.41, 5.74) is -0.238. The van der Waals surface area contributed by atoms with Gasteiger partial charge in [0, 0.05) is 24.9 Å². The summed E-state index contributed by atoms with van der Waals surface area (Å²) >= 11 is 0. The van der Waals surface area contributed by atoms with Crippen molar-refractivity contribution in [1.82, 2.24) is 0 Å². The van der Waals surface area contributed by atoms with Crippen LogP contribution in [0.5, 0.6) is 0 Å². The first kappa shape index (κ1) is 14.4. The van der Waals surface area contributed by atoms with Crippen molar-refractivity contribution in [3.05, 3.63) is 0 Å². The first-order valence-electron chi connectivity index (χ1n) is 8.65. The number of hydrogen-bond acceptors (Lipinski definition) is 4. The summed E-state index contributed by atoms with van der Waals surface area (Å²) in [6.45, 7) is 9.42. The standard InChI is InChI=1S/C17H28O4/c1-5-18-14-11(3)13-7-6-10(2)12-8-9-16(4)20-15(19-14)17(12,13)21-16/h10-15H,5-9H2,1-4H3/t10-,11+,12+,13+,14+,15-,16-,17-/m1/s1. The molecule has 0 amide bonds. The molecule has 4 heteroatoms. The molecule has 0 unspecified atom stereocenters. The average molecular weight is 296 g/mol. The van der Waals surface area contributed by atoms with Crippen molar-refractivity contribution in [2.75, 3.05) is 6.61 Å². The normalized spacial score (nSPS) is 58.9. The van der Waals surface area contributed by atoms with Crippen LogP contribution < -0.4 is 0 Å². The van der Waals surface area contributed by atoms with Gasteiger partial charge >= 0.3 is 0 Å². The van der Waals surface area contributed by atoms with Gasteiger partial charge in [-0.2, -0.15) is 0 Å². The van der Waals surface area contributed by atoms with E-state index in [0.717, 1.165) is 6.42 Å². The van der Waals surface area contributed by atoms with E-state index in [1.807, 2.05) is 6.92 Å². The Bertz CT molecular complexity index is 427. The van der Waals surface area contributed by atoms with E-state index in [1.54, 1.807) is 0 Å². The Kier molecular flexibility index (Phi) is 3.21. The van der Waals surface area contributed by atoms with Crippen LogP contribution in [-0.2, 0) is 18.9 Å². The smallest absolute Gasteiger partial charge is 0.193 e. The molecular formula is C17H28O4. The third-order valence-electron chi connectivity index (χ3n) is 6.46. The molecule has 3 saturated heterocycles. The highest BCUT2D eigenvalue weighted by Crippen LogP contribution is 2.63. The Morgan fingerprint density at radius 2 is 1.95 bits per heavy atom. The lowest BCUT2D eigenvalue weighted by Crippen LogP contribution is -2.66. The van der Waals surface area contributed by atoms with Gasteiger partial charge in [-0.05, 0) is 44.9 Å². The minimum atomic E-state index is -0.461. The highest BCUT2D eigenvalue weighted by atomic mass is 16.9. The van der Waals surface area contributed by atoms with Crippen molar-refractivity contribution in [2.24, 2.45) is 23.7 Å². The van der Waals surface area contributed by atoms with Crippen molar-refractivity contribution in [2.45, 2.75) is 77.3 Å². The van der Waals surface area contributed by atoms with E-state index in [4.69, 9.17) is 18.9 Å². The van der Waals surface area contributed by atoms with Gasteiger partial charge in [-0.3, -0.25) is 0 Å². The van der Waals surface area contributed by atoms with Crippen LogP contribution in [-0.4, -0.2) is 30.6 Å². The third-order valence-corrected chi connectivity index (χ3v) is 6.46. The SMILES string of the molecule is CCO[C@H]1O[C@@H]2O[C@@]3(C)CC[C@H]4[C@H](C)CC[C@@H]([C@@H]1C)[C@@]24O3. The van der Waals surface area contributed by atoms with Crippen molar-refractivity contribution in [3.63, 3.8) is 0 Å². The second-order valence-corrected chi connectivity index (χ2v) is 7.66. The summed E-state index contributed by atoms with van der Waals surface area (Å²) in [7, 11) is 0. The molecule has 1 aliphatic carbocycles. The lowest BCUT2D eigenvalue weighted by atomic mass is 9.57. The molecule has 21 heavy (non-hydrogen) atoms. The molecule has 8 atom stereocenters. The fourth-order valence-electron chi connectivity index (χ4n) is 5.49. The first-order valence-corrected chi connectivity index (χ1v) is 8.65. The molecule has 2 bridgehead atoms. The van der Waals surface area contributed by atoms with Gasteiger partial charge in [-0.15, -0.1) is 0 Å². The van der Waals surface area contributed by atoms with Crippen LogP contribution in [0.4, 0.5) is 0 Å². The minimum Gasteiger partial charge on any atom is -0.353 e. The fraction of sp³-hybridized carbons (Fsp3) is 1.00. The lowest BCUT2D eigenvalue weighted by molar-refractivity contribution is -0.336. The molecule has 4 aliphatic rings. The molecule has 0 radical (unpaired) electrons. The molecule has 0 N–H and O–H groups in total. The van der Waals surface area contributed by atoms with Crippen molar-refractivity contribution >= 4 is 0 Å². The van der Waals surface area contributed by atoms with Crippen LogP contribution in [0.25, 0.3) is 0 Å². The quantitative estimate of drug-likeness (QED) is 0.783. The van der Waals surface area contributed by atoms with Gasteiger partial charge in [0.15, 0.2) is 18.4 Å². The molecule has 0 aromatic carbocycles. The summed E-state index contributed by atoms with van der Waals surface area (Å²) < 4.78 is 25.0. The van der Waals surface area contributed by atoms with Gasteiger partial charge in [0.05, 0.1) is 0 Å². The van der Waals surface area contributed by atoms with Gasteiger partial charge in [-0.1, -0.05) is 13.8 Å². The monoisotopic (exact) mass is 296 g/mol. The van der Waals surface area contributed by atoms with E-state index in [-0.39, 0.29) is 18.2 Å². The molecule has 4 nitrogen and oxygen atoms in total. The highest BCUT2D eigenvalue weighted by Gasteiger charge is 2.71. The topological polar surface area (TPSA) is 36.9 Å². The summed E-state index contributed by atoms with van der Waals surface area (Å²) in [5.74, 6) is 1.63. The van der Waals surface area contributed by atoms with Crippen molar-refractivity contribution in [1.29, 1.82) is 0 Å². The van der Waals surface area contributed by atoms with E-state index in [9.17, 15) is 0 Å². The van der Waals surface area contributed by atoms with Gasteiger partial charge in [-0.25, -0.2) is 0 Å². The summed E-state index contributed by atoms with van der Waals surface area (Å²) in [4.78, 5) is 0. The average Bonchev–Trinajstić information content (AvgIpc) is 2.65. The maximum Gasteiger partial charge on any atom is 0.193 e. The van der Waals surface area contributed by atoms with E-state index < -0.39 is 5.79 Å². The lowest BCUT2D eigenvalue weighted by Gasteiger charge is -2.58. The first-order chi connectivity index (χ1) is 10.00. The van der Waals surface area contributed by atoms with Gasteiger partial charge in [0.25, 0.3) is 0 Å². The second-order valence-electron chi connectivity index (χ2n) is 7.66. The molecule has 1 saturated carbocycles. The Morgan fingerprint density at radius 3 is 2.71 bits per heavy atom. The fourth-order valence-corrected chi connectivity index (χ4v) is 5.49. The van der Waals surface area contributed by atoms with Gasteiger partial charge < -0.3 is 18.9 Å². The number of fused-ring (bicyclic) bond motifs is 1.